The van der Waals surface area contributed by atoms with Gasteiger partial charge in [0.15, 0.2) is 0 Å². The molecule has 7 nitrogen and oxygen atoms in total. The highest BCUT2D eigenvalue weighted by atomic mass is 32.1. The van der Waals surface area contributed by atoms with Gasteiger partial charge in [0.25, 0.3) is 0 Å². The third-order valence-electron chi connectivity index (χ3n) is 6.56. The van der Waals surface area contributed by atoms with E-state index in [0.717, 1.165) is 88.7 Å². The molecule has 0 aliphatic carbocycles. The van der Waals surface area contributed by atoms with Crippen molar-refractivity contribution in [3.8, 4) is 0 Å². The average Bonchev–Trinajstić information content (AvgIpc) is 3.37. The molecule has 3 fully saturated rings. The van der Waals surface area contributed by atoms with Gasteiger partial charge in [-0.3, -0.25) is 9.80 Å². The van der Waals surface area contributed by atoms with E-state index in [0.29, 0.717) is 6.04 Å². The largest absolute Gasteiger partial charge is 0.380 e. The molecule has 0 radical (unpaired) electrons. The molecule has 3 saturated heterocycles. The maximum atomic E-state index is 5.60. The maximum Gasteiger partial charge on any atom is 0.146 e. The first-order valence-electron chi connectivity index (χ1n) is 10.8. The summed E-state index contributed by atoms with van der Waals surface area (Å²) < 4.78 is 11.1. The van der Waals surface area contributed by atoms with E-state index in [2.05, 4.69) is 28.5 Å². The molecule has 2 aromatic heterocycles. The van der Waals surface area contributed by atoms with E-state index in [1.807, 2.05) is 0 Å². The van der Waals surface area contributed by atoms with Crippen LogP contribution in [0.3, 0.4) is 0 Å². The number of anilines is 1. The Morgan fingerprint density at radius 1 is 0.966 bits per heavy atom. The van der Waals surface area contributed by atoms with E-state index in [4.69, 9.17) is 19.4 Å². The second-order valence-electron chi connectivity index (χ2n) is 8.36. The van der Waals surface area contributed by atoms with Crippen LogP contribution < -0.4 is 4.90 Å². The molecule has 5 heterocycles. The fourth-order valence-corrected chi connectivity index (χ4v) is 5.68. The summed E-state index contributed by atoms with van der Waals surface area (Å²) in [7, 11) is 0. The second-order valence-corrected chi connectivity index (χ2v) is 9.56. The summed E-state index contributed by atoms with van der Waals surface area (Å²) in [5, 5.41) is 1.26. The third-order valence-corrected chi connectivity index (χ3v) is 7.66. The van der Waals surface area contributed by atoms with Crippen LogP contribution >= 0.6 is 11.3 Å². The zero-order valence-corrected chi connectivity index (χ0v) is 18.3. The number of hydrogen-bond acceptors (Lipinski definition) is 8. The van der Waals surface area contributed by atoms with E-state index in [1.165, 1.54) is 22.2 Å². The van der Waals surface area contributed by atoms with Crippen LogP contribution in [0.2, 0.25) is 0 Å². The van der Waals surface area contributed by atoms with Gasteiger partial charge in [0.05, 0.1) is 31.8 Å². The van der Waals surface area contributed by atoms with Crippen LogP contribution in [0.25, 0.3) is 10.2 Å². The van der Waals surface area contributed by atoms with Crippen LogP contribution in [0.1, 0.15) is 22.7 Å². The van der Waals surface area contributed by atoms with Crippen molar-refractivity contribution in [3.05, 3.63) is 16.3 Å². The van der Waals surface area contributed by atoms with Crippen molar-refractivity contribution < 1.29 is 9.47 Å². The normalized spacial score (nSPS) is 24.6. The van der Waals surface area contributed by atoms with Crippen molar-refractivity contribution in [2.24, 2.45) is 0 Å². The van der Waals surface area contributed by atoms with Gasteiger partial charge in [0, 0.05) is 56.8 Å². The molecular formula is C21H31N5O2S. The van der Waals surface area contributed by atoms with E-state index in [9.17, 15) is 0 Å². The van der Waals surface area contributed by atoms with Gasteiger partial charge in [-0.2, -0.15) is 0 Å². The Balaban J connectivity index is 1.40. The van der Waals surface area contributed by atoms with Crippen LogP contribution in [0, 0.1) is 13.8 Å². The highest BCUT2D eigenvalue weighted by Crippen LogP contribution is 2.35. The SMILES string of the molecule is Cc1sc2nc(CN3CCOCC3)nc(N3CCN([C@@H]4CCOC4)CC3)c2c1C. The summed E-state index contributed by atoms with van der Waals surface area (Å²) in [5.74, 6) is 2.09. The molecule has 1 atom stereocenters. The summed E-state index contributed by atoms with van der Waals surface area (Å²) in [6.45, 7) is 14.8. The van der Waals surface area contributed by atoms with Gasteiger partial charge in [-0.05, 0) is 25.8 Å². The lowest BCUT2D eigenvalue weighted by Crippen LogP contribution is -2.51. The minimum absolute atomic E-state index is 0.601. The van der Waals surface area contributed by atoms with Crippen molar-refractivity contribution in [2.75, 3.05) is 70.6 Å². The van der Waals surface area contributed by atoms with E-state index in [-0.39, 0.29) is 0 Å². The molecule has 0 spiro atoms. The van der Waals surface area contributed by atoms with E-state index in [1.54, 1.807) is 11.3 Å². The van der Waals surface area contributed by atoms with Gasteiger partial charge in [-0.25, -0.2) is 9.97 Å². The van der Waals surface area contributed by atoms with Crippen molar-refractivity contribution in [3.63, 3.8) is 0 Å². The van der Waals surface area contributed by atoms with Gasteiger partial charge >= 0.3 is 0 Å². The summed E-state index contributed by atoms with van der Waals surface area (Å²) in [4.78, 5) is 20.0. The number of morpholine rings is 1. The lowest BCUT2D eigenvalue weighted by atomic mass is 10.1. The zero-order chi connectivity index (χ0) is 19.8. The minimum atomic E-state index is 0.601. The Bertz CT molecular complexity index is 852. The lowest BCUT2D eigenvalue weighted by molar-refractivity contribution is 0.0331. The third kappa shape index (κ3) is 4.01. The molecule has 0 bridgehead atoms. The fourth-order valence-electron chi connectivity index (χ4n) is 4.64. The first-order valence-corrected chi connectivity index (χ1v) is 11.6. The molecule has 3 aliphatic rings. The molecule has 29 heavy (non-hydrogen) atoms. The van der Waals surface area contributed by atoms with Crippen molar-refractivity contribution in [2.45, 2.75) is 32.9 Å². The van der Waals surface area contributed by atoms with Crippen molar-refractivity contribution in [1.82, 2.24) is 19.8 Å². The van der Waals surface area contributed by atoms with Crippen LogP contribution in [0.4, 0.5) is 5.82 Å². The number of thiophene rings is 1. The fraction of sp³-hybridized carbons (Fsp3) is 0.714. The molecule has 0 unspecified atom stereocenters. The molecule has 0 N–H and O–H groups in total. The predicted molar refractivity (Wildman–Crippen MR) is 116 cm³/mol. The molecular weight excluding hydrogens is 386 g/mol. The first kappa shape index (κ1) is 19.6. The standard InChI is InChI=1S/C21H31N5O2S/c1-15-16(2)29-21-19(15)20(22-18(23-21)13-24-8-11-27-12-9-24)26-6-4-25(5-7-26)17-3-10-28-14-17/h17H,3-14H2,1-2H3/t17-/m1/s1. The van der Waals surface area contributed by atoms with Crippen LogP contribution in [-0.4, -0.2) is 91.5 Å². The van der Waals surface area contributed by atoms with Gasteiger partial charge < -0.3 is 14.4 Å². The van der Waals surface area contributed by atoms with Crippen molar-refractivity contribution >= 4 is 27.4 Å². The maximum absolute atomic E-state index is 5.60. The molecule has 0 saturated carbocycles. The molecule has 3 aliphatic heterocycles. The Kier molecular flexibility index (Phi) is 5.71. The first-order chi connectivity index (χ1) is 14.2. The molecule has 158 valence electrons. The Labute approximate surface area is 176 Å². The van der Waals surface area contributed by atoms with Crippen LogP contribution in [0.15, 0.2) is 0 Å². The van der Waals surface area contributed by atoms with E-state index < -0.39 is 0 Å². The molecule has 0 aromatic carbocycles. The molecule has 0 amide bonds. The summed E-state index contributed by atoms with van der Waals surface area (Å²) >= 11 is 1.81. The highest BCUT2D eigenvalue weighted by molar-refractivity contribution is 7.18. The molecule has 5 rings (SSSR count). The number of ether oxygens (including phenoxy) is 2. The smallest absolute Gasteiger partial charge is 0.146 e. The van der Waals surface area contributed by atoms with Crippen LogP contribution in [0.5, 0.6) is 0 Å². The Hall–Kier alpha value is -1.32. The van der Waals surface area contributed by atoms with Gasteiger partial charge in [0.2, 0.25) is 0 Å². The summed E-state index contributed by atoms with van der Waals surface area (Å²) in [6.07, 6.45) is 1.17. The number of fused-ring (bicyclic) bond motifs is 1. The minimum Gasteiger partial charge on any atom is -0.380 e. The van der Waals surface area contributed by atoms with Gasteiger partial charge in [-0.15, -0.1) is 11.3 Å². The number of aromatic nitrogens is 2. The number of hydrogen-bond donors (Lipinski definition) is 0. The van der Waals surface area contributed by atoms with Gasteiger partial charge in [0.1, 0.15) is 16.5 Å². The highest BCUT2D eigenvalue weighted by Gasteiger charge is 2.29. The van der Waals surface area contributed by atoms with Gasteiger partial charge in [-0.1, -0.05) is 0 Å². The Morgan fingerprint density at radius 3 is 2.48 bits per heavy atom. The van der Waals surface area contributed by atoms with Crippen molar-refractivity contribution in [1.29, 1.82) is 0 Å². The van der Waals surface area contributed by atoms with E-state index >= 15 is 0 Å². The second kappa shape index (κ2) is 8.43. The topological polar surface area (TPSA) is 54.0 Å². The lowest BCUT2D eigenvalue weighted by Gasteiger charge is -2.38. The quantitative estimate of drug-likeness (QED) is 0.755. The number of aryl methyl sites for hydroxylation is 2. The Morgan fingerprint density at radius 2 is 1.76 bits per heavy atom. The zero-order valence-electron chi connectivity index (χ0n) is 17.5. The number of rotatable bonds is 4. The molecule has 8 heteroatoms. The average molecular weight is 418 g/mol. The monoisotopic (exact) mass is 417 g/mol. The number of nitrogens with zero attached hydrogens (tertiary/aromatic N) is 5. The summed E-state index contributed by atoms with van der Waals surface area (Å²) in [6, 6.07) is 0.601. The summed E-state index contributed by atoms with van der Waals surface area (Å²) in [5.41, 5.74) is 1.34. The predicted octanol–water partition coefficient (Wildman–Crippen LogP) is 2.05. The number of piperazine rings is 1. The molecule has 2 aromatic rings. The van der Waals surface area contributed by atoms with Crippen LogP contribution in [-0.2, 0) is 16.0 Å².